The maximum Gasteiger partial charge on any atom is 0.396 e. The first kappa shape index (κ1) is 15.8. The van der Waals surface area contributed by atoms with E-state index in [1.165, 1.54) is 0 Å². The fourth-order valence-corrected chi connectivity index (χ4v) is 2.26. The lowest BCUT2D eigenvalue weighted by Crippen LogP contribution is -2.41. The predicted molar refractivity (Wildman–Crippen MR) is 78.5 cm³/mol. The van der Waals surface area contributed by atoms with Crippen LogP contribution in [0.5, 0.6) is 5.75 Å². The first-order valence-corrected chi connectivity index (χ1v) is 6.97. The summed E-state index contributed by atoms with van der Waals surface area (Å²) in [6, 6.07) is 6.64. The number of hydrogen-bond donors (Lipinski definition) is 1. The Morgan fingerprint density at radius 2 is 2.00 bits per heavy atom. The highest BCUT2D eigenvalue weighted by molar-refractivity contribution is 6.32. The van der Waals surface area contributed by atoms with Crippen molar-refractivity contribution in [1.29, 1.82) is 0 Å². The number of ether oxygens (including phenoxy) is 2. The molecule has 1 unspecified atom stereocenters. The maximum absolute atomic E-state index is 12.0. The number of methoxy groups -OCH3 is 1. The average molecular weight is 306 g/mol. The molecule has 22 heavy (non-hydrogen) atoms. The van der Waals surface area contributed by atoms with Gasteiger partial charge in [-0.3, -0.25) is 9.59 Å². The van der Waals surface area contributed by atoms with E-state index in [-0.39, 0.29) is 18.9 Å². The molecule has 1 N–H and O–H groups in total. The Labute approximate surface area is 128 Å². The van der Waals surface area contributed by atoms with Gasteiger partial charge in [0.15, 0.2) is 0 Å². The highest BCUT2D eigenvalue weighted by atomic mass is 16.5. The van der Waals surface area contributed by atoms with Crippen LogP contribution in [0.15, 0.2) is 24.3 Å². The van der Waals surface area contributed by atoms with Gasteiger partial charge in [-0.25, -0.2) is 4.79 Å². The maximum atomic E-state index is 12.0. The summed E-state index contributed by atoms with van der Waals surface area (Å²) in [4.78, 5) is 36.5. The summed E-state index contributed by atoms with van der Waals surface area (Å²) in [7, 11) is 1.57. The van der Waals surface area contributed by atoms with Gasteiger partial charge in [-0.1, -0.05) is 0 Å². The van der Waals surface area contributed by atoms with Gasteiger partial charge in [0.2, 0.25) is 5.91 Å². The SMILES string of the molecule is CCOC(=O)C(=O)NC1CC(=O)N(c2ccc(OC)cc2)C1. The lowest BCUT2D eigenvalue weighted by molar-refractivity contribution is -0.154. The fraction of sp³-hybridized carbons (Fsp3) is 0.400. The van der Waals surface area contributed by atoms with Crippen LogP contribution in [0.3, 0.4) is 0 Å². The summed E-state index contributed by atoms with van der Waals surface area (Å²) in [5, 5.41) is 2.52. The third-order valence-corrected chi connectivity index (χ3v) is 3.31. The van der Waals surface area contributed by atoms with Crippen molar-refractivity contribution in [3.8, 4) is 5.75 Å². The van der Waals surface area contributed by atoms with E-state index in [2.05, 4.69) is 10.1 Å². The van der Waals surface area contributed by atoms with Gasteiger partial charge in [-0.2, -0.15) is 0 Å². The first-order valence-electron chi connectivity index (χ1n) is 6.97. The minimum absolute atomic E-state index is 0.112. The standard InChI is InChI=1S/C15H18N2O5/c1-3-22-15(20)14(19)16-10-8-13(18)17(9-10)11-4-6-12(21-2)7-5-11/h4-7,10H,3,8-9H2,1-2H3,(H,16,19). The Morgan fingerprint density at radius 1 is 1.32 bits per heavy atom. The molecule has 1 aromatic rings. The number of amides is 2. The van der Waals surface area contributed by atoms with Crippen LogP contribution in [0.25, 0.3) is 0 Å². The molecule has 7 heteroatoms. The van der Waals surface area contributed by atoms with Crippen LogP contribution in [0, 0.1) is 0 Å². The van der Waals surface area contributed by atoms with Crippen molar-refractivity contribution < 1.29 is 23.9 Å². The van der Waals surface area contributed by atoms with Gasteiger partial charge in [0.1, 0.15) is 5.75 Å². The number of rotatable bonds is 4. The van der Waals surface area contributed by atoms with E-state index in [0.717, 1.165) is 5.69 Å². The van der Waals surface area contributed by atoms with E-state index in [1.807, 2.05) is 0 Å². The molecular formula is C15H18N2O5. The fourth-order valence-electron chi connectivity index (χ4n) is 2.26. The van der Waals surface area contributed by atoms with Crippen LogP contribution >= 0.6 is 0 Å². The van der Waals surface area contributed by atoms with Crippen LogP contribution in [-0.2, 0) is 19.1 Å². The Bertz CT molecular complexity index is 570. The van der Waals surface area contributed by atoms with E-state index in [1.54, 1.807) is 43.2 Å². The molecule has 0 radical (unpaired) electrons. The molecule has 118 valence electrons. The monoisotopic (exact) mass is 306 g/mol. The summed E-state index contributed by atoms with van der Waals surface area (Å²) >= 11 is 0. The lowest BCUT2D eigenvalue weighted by Gasteiger charge is -2.17. The molecule has 1 atom stereocenters. The third kappa shape index (κ3) is 3.55. The van der Waals surface area contributed by atoms with Gasteiger partial charge in [-0.15, -0.1) is 0 Å². The highest BCUT2D eigenvalue weighted by Crippen LogP contribution is 2.24. The molecule has 1 aliphatic rings. The Balaban J connectivity index is 1.98. The van der Waals surface area contributed by atoms with Crippen molar-refractivity contribution in [2.24, 2.45) is 0 Å². The van der Waals surface area contributed by atoms with E-state index in [4.69, 9.17) is 4.74 Å². The smallest absolute Gasteiger partial charge is 0.396 e. The molecular weight excluding hydrogens is 288 g/mol. The van der Waals surface area contributed by atoms with E-state index < -0.39 is 17.9 Å². The second kappa shape index (κ2) is 6.93. The largest absolute Gasteiger partial charge is 0.497 e. The van der Waals surface area contributed by atoms with Crippen molar-refractivity contribution in [2.75, 3.05) is 25.2 Å². The zero-order valence-electron chi connectivity index (χ0n) is 12.5. The topological polar surface area (TPSA) is 84.9 Å². The normalized spacial score (nSPS) is 17.3. The van der Waals surface area contributed by atoms with Crippen LogP contribution in [0.2, 0.25) is 0 Å². The number of carbonyl (C=O) groups is 3. The van der Waals surface area contributed by atoms with Crippen molar-refractivity contribution in [2.45, 2.75) is 19.4 Å². The molecule has 0 aliphatic carbocycles. The van der Waals surface area contributed by atoms with Gasteiger partial charge in [0, 0.05) is 18.7 Å². The van der Waals surface area contributed by atoms with Crippen molar-refractivity contribution in [3.05, 3.63) is 24.3 Å². The summed E-state index contributed by atoms with van der Waals surface area (Å²) in [6.45, 7) is 2.07. The number of anilines is 1. The molecule has 7 nitrogen and oxygen atoms in total. The quantitative estimate of drug-likeness (QED) is 0.646. The molecule has 0 saturated carbocycles. The number of nitrogens with zero attached hydrogens (tertiary/aromatic N) is 1. The van der Waals surface area contributed by atoms with Gasteiger partial charge < -0.3 is 19.7 Å². The molecule has 1 fully saturated rings. The predicted octanol–water partition coefficient (Wildman–Crippen LogP) is 0.480. The molecule has 0 aromatic heterocycles. The zero-order chi connectivity index (χ0) is 16.1. The summed E-state index contributed by atoms with van der Waals surface area (Å²) in [5.41, 5.74) is 0.721. The van der Waals surface area contributed by atoms with Crippen LogP contribution < -0.4 is 15.0 Å². The van der Waals surface area contributed by atoms with Gasteiger partial charge in [0.05, 0.1) is 19.8 Å². The van der Waals surface area contributed by atoms with Gasteiger partial charge in [-0.05, 0) is 31.2 Å². The summed E-state index contributed by atoms with van der Waals surface area (Å²) < 4.78 is 9.68. The highest BCUT2D eigenvalue weighted by Gasteiger charge is 2.33. The molecule has 2 amide bonds. The third-order valence-electron chi connectivity index (χ3n) is 3.31. The van der Waals surface area contributed by atoms with Crippen LogP contribution in [0.1, 0.15) is 13.3 Å². The number of hydrogen-bond acceptors (Lipinski definition) is 5. The van der Waals surface area contributed by atoms with E-state index >= 15 is 0 Å². The average Bonchev–Trinajstić information content (AvgIpc) is 2.88. The minimum Gasteiger partial charge on any atom is -0.497 e. The molecule has 1 aliphatic heterocycles. The number of carbonyl (C=O) groups excluding carboxylic acids is 3. The molecule has 2 rings (SSSR count). The summed E-state index contributed by atoms with van der Waals surface area (Å²) in [5.74, 6) is -1.17. The Hall–Kier alpha value is -2.57. The van der Waals surface area contributed by atoms with E-state index in [0.29, 0.717) is 12.3 Å². The zero-order valence-corrected chi connectivity index (χ0v) is 12.5. The molecule has 1 heterocycles. The van der Waals surface area contributed by atoms with Crippen molar-refractivity contribution in [3.63, 3.8) is 0 Å². The second-order valence-corrected chi connectivity index (χ2v) is 4.80. The number of esters is 1. The molecule has 1 aromatic carbocycles. The number of nitrogens with one attached hydrogen (secondary N) is 1. The lowest BCUT2D eigenvalue weighted by atomic mass is 10.2. The van der Waals surface area contributed by atoms with Crippen LogP contribution in [-0.4, -0.2) is 44.1 Å². The second-order valence-electron chi connectivity index (χ2n) is 4.80. The number of benzene rings is 1. The van der Waals surface area contributed by atoms with Crippen LogP contribution in [0.4, 0.5) is 5.69 Å². The van der Waals surface area contributed by atoms with Crippen molar-refractivity contribution >= 4 is 23.5 Å². The molecule has 1 saturated heterocycles. The Kier molecular flexibility index (Phi) is 4.98. The first-order chi connectivity index (χ1) is 10.5. The van der Waals surface area contributed by atoms with Gasteiger partial charge >= 0.3 is 11.9 Å². The Morgan fingerprint density at radius 3 is 2.59 bits per heavy atom. The summed E-state index contributed by atoms with van der Waals surface area (Å²) in [6.07, 6.45) is 0.150. The minimum atomic E-state index is -0.933. The van der Waals surface area contributed by atoms with E-state index in [9.17, 15) is 14.4 Å². The van der Waals surface area contributed by atoms with Crippen molar-refractivity contribution in [1.82, 2.24) is 5.32 Å². The molecule has 0 bridgehead atoms. The van der Waals surface area contributed by atoms with Gasteiger partial charge in [0.25, 0.3) is 0 Å². The molecule has 0 spiro atoms.